The molecule has 1 aliphatic heterocycles. The topological polar surface area (TPSA) is 284 Å². The number of sulfonamides is 1. The number of aliphatic carboxylic acids is 1. The van der Waals surface area contributed by atoms with E-state index in [-0.39, 0.29) is 41.2 Å². The molecule has 67 heavy (non-hydrogen) atoms. The summed E-state index contributed by atoms with van der Waals surface area (Å²) in [6, 6.07) is 15.2. The van der Waals surface area contributed by atoms with E-state index in [0.717, 1.165) is 30.4 Å². The van der Waals surface area contributed by atoms with Crippen LogP contribution < -0.4 is 24.4 Å². The number of benzene rings is 3. The number of urea groups is 1. The number of nitrogens with one attached hydrogen (secondary N) is 2. The average molecular weight is 999 g/mol. The number of carboxylic acids is 2. The van der Waals surface area contributed by atoms with Crippen molar-refractivity contribution in [1.82, 2.24) is 24.7 Å². The van der Waals surface area contributed by atoms with E-state index in [1.165, 1.54) is 37.1 Å². The highest BCUT2D eigenvalue weighted by molar-refractivity contribution is 7.90. The van der Waals surface area contributed by atoms with Gasteiger partial charge in [-0.05, 0) is 106 Å². The highest BCUT2D eigenvalue weighted by atomic mass is 35.5. The molecule has 2 aliphatic rings. The summed E-state index contributed by atoms with van der Waals surface area (Å²) in [5, 5.41) is 21.2. The molecule has 4 amide bonds. The van der Waals surface area contributed by atoms with Crippen molar-refractivity contribution in [2.45, 2.75) is 44.4 Å². The molecular weight excluding hydrogens is 961 g/mol. The van der Waals surface area contributed by atoms with Crippen LogP contribution in [0.2, 0.25) is 10.0 Å². The van der Waals surface area contributed by atoms with Gasteiger partial charge in [-0.25, -0.2) is 37.2 Å². The number of hydrogen-bond donors (Lipinski definition) is 4. The number of methoxy groups -OCH3 is 1. The van der Waals surface area contributed by atoms with Gasteiger partial charge < -0.3 is 24.4 Å². The Kier molecular flexibility index (Phi) is 17.3. The van der Waals surface area contributed by atoms with Crippen molar-refractivity contribution in [3.63, 3.8) is 0 Å². The number of carboxylic acid groups (broad SMARTS) is 2. The molecule has 20 nitrogen and oxygen atoms in total. The summed E-state index contributed by atoms with van der Waals surface area (Å²) in [7, 11) is -3.11. The van der Waals surface area contributed by atoms with Crippen LogP contribution in [0.3, 0.4) is 0 Å². The minimum absolute atomic E-state index is 0.0677. The molecule has 5 aromatic rings. The van der Waals surface area contributed by atoms with E-state index in [1.54, 1.807) is 60.3 Å². The molecule has 24 heteroatoms. The Balaban J connectivity index is 0.000000194. The van der Waals surface area contributed by atoms with E-state index in [9.17, 15) is 37.2 Å². The molecule has 4 N–H and O–H groups in total. The lowest BCUT2D eigenvalue weighted by Crippen LogP contribution is -2.35. The maximum atomic E-state index is 12.7. The van der Waals surface area contributed by atoms with Crippen molar-refractivity contribution in [3.05, 3.63) is 116 Å². The first-order valence-electron chi connectivity index (χ1n) is 19.6. The normalized spacial score (nSPS) is 13.3. The SMILES string of the molecule is CCOC(=O)/C(Cl)=C/c1cc(N2C(=O)C3=C(CCCC3)C2=O)ccc1Cl.COc1nc(C)nc(NC(=O)NS(=O)(=O)c2ccccc2C(=O)O)n1.O=C(O)COc1ccc(Cl)c2cccnc12. The number of carbonyl (C=O) groups excluding carboxylic acids is 4. The van der Waals surface area contributed by atoms with Crippen molar-refractivity contribution in [1.29, 1.82) is 0 Å². The van der Waals surface area contributed by atoms with Crippen LogP contribution in [0.4, 0.5) is 16.4 Å². The molecular formula is C43H38Cl3N7O13S. The Hall–Kier alpha value is -7.20. The van der Waals surface area contributed by atoms with Gasteiger partial charge in [0.2, 0.25) is 5.95 Å². The van der Waals surface area contributed by atoms with Gasteiger partial charge in [-0.2, -0.15) is 15.0 Å². The molecule has 0 fully saturated rings. The predicted octanol–water partition coefficient (Wildman–Crippen LogP) is 6.98. The summed E-state index contributed by atoms with van der Waals surface area (Å²) >= 11 is 18.1. The van der Waals surface area contributed by atoms with E-state index in [0.29, 0.717) is 56.6 Å². The molecule has 0 unspecified atom stereocenters. The van der Waals surface area contributed by atoms with E-state index < -0.39 is 51.0 Å². The summed E-state index contributed by atoms with van der Waals surface area (Å²) in [5.41, 5.74) is 2.14. The smallest absolute Gasteiger partial charge is 0.349 e. The molecule has 3 aromatic carbocycles. The van der Waals surface area contributed by atoms with Crippen LogP contribution in [-0.4, -0.2) is 94.6 Å². The second kappa shape index (κ2) is 22.8. The third kappa shape index (κ3) is 13.0. The van der Waals surface area contributed by atoms with Gasteiger partial charge in [-0.3, -0.25) is 19.9 Å². The average Bonchev–Trinajstić information content (AvgIpc) is 3.55. The number of nitrogens with zero attached hydrogens (tertiary/aromatic N) is 5. The number of halogens is 3. The fourth-order valence-electron chi connectivity index (χ4n) is 6.30. The lowest BCUT2D eigenvalue weighted by molar-refractivity contribution is -0.139. The van der Waals surface area contributed by atoms with Gasteiger partial charge in [0.05, 0.1) is 30.0 Å². The van der Waals surface area contributed by atoms with Crippen LogP contribution in [0, 0.1) is 6.92 Å². The molecule has 0 spiro atoms. The number of aryl methyl sites for hydroxylation is 1. The quantitative estimate of drug-likeness (QED) is 0.0557. The zero-order valence-corrected chi connectivity index (χ0v) is 38.5. The maximum absolute atomic E-state index is 12.7. The summed E-state index contributed by atoms with van der Waals surface area (Å²) < 4.78 is 40.9. The number of rotatable bonds is 12. The Morgan fingerprint density at radius 1 is 0.896 bits per heavy atom. The van der Waals surface area contributed by atoms with E-state index in [1.807, 2.05) is 0 Å². The second-order valence-corrected chi connectivity index (χ2v) is 16.6. The Bertz CT molecular complexity index is 2920. The number of imide groups is 1. The minimum atomic E-state index is -4.43. The van der Waals surface area contributed by atoms with Crippen molar-refractivity contribution in [2.24, 2.45) is 0 Å². The summed E-state index contributed by atoms with van der Waals surface area (Å²) in [6.07, 6.45) is 6.05. The predicted molar refractivity (Wildman–Crippen MR) is 244 cm³/mol. The van der Waals surface area contributed by atoms with Gasteiger partial charge in [0, 0.05) is 27.8 Å². The number of carbonyl (C=O) groups is 6. The first-order valence-corrected chi connectivity index (χ1v) is 22.2. The minimum Gasteiger partial charge on any atom is -0.480 e. The molecule has 350 valence electrons. The Labute approximate surface area is 396 Å². The van der Waals surface area contributed by atoms with E-state index in [2.05, 4.69) is 25.3 Å². The van der Waals surface area contributed by atoms with E-state index >= 15 is 0 Å². The molecule has 3 heterocycles. The molecule has 0 radical (unpaired) electrons. The molecule has 0 saturated carbocycles. The van der Waals surface area contributed by atoms with Gasteiger partial charge in [0.15, 0.2) is 6.61 Å². The van der Waals surface area contributed by atoms with Crippen LogP contribution in [0.1, 0.15) is 54.4 Å². The first kappa shape index (κ1) is 50.8. The van der Waals surface area contributed by atoms with Gasteiger partial charge >= 0.3 is 29.9 Å². The van der Waals surface area contributed by atoms with Crippen LogP contribution in [-0.2, 0) is 33.9 Å². The van der Waals surface area contributed by atoms with Gasteiger partial charge in [-0.1, -0.05) is 46.9 Å². The fraction of sp³-hybridized carbons (Fsp3) is 0.209. The monoisotopic (exact) mass is 997 g/mol. The summed E-state index contributed by atoms with van der Waals surface area (Å²) in [4.78, 5) is 86.5. The largest absolute Gasteiger partial charge is 0.480 e. The Morgan fingerprint density at radius 2 is 1.57 bits per heavy atom. The molecule has 0 atom stereocenters. The number of fused-ring (bicyclic) bond motifs is 1. The number of esters is 1. The number of aromatic nitrogens is 4. The number of aromatic carboxylic acids is 1. The third-order valence-electron chi connectivity index (χ3n) is 9.18. The number of pyridine rings is 1. The van der Waals surface area contributed by atoms with Crippen LogP contribution in [0.5, 0.6) is 11.8 Å². The standard InChI is InChI=1S/C19H17Cl2NO4.C13H13N5O6S.C11H8ClNO3/c1-2-26-19(25)16(21)10-11-9-12(7-8-15(11)20)22-17(23)13-5-3-4-6-14(13)18(22)24;1-7-14-11(17-13(15-7)24-2)16-12(21)18-25(22,23)9-6-4-3-5-8(9)10(19)20;12-8-3-4-9(16-6-10(14)15)11-7(8)2-1-5-13-11/h7-10H,2-6H2,1H3;3-6H,1-2H3,(H,19,20)(H2,14,15,16,17,18,21);1-5H,6H2,(H,14,15)/b16-10-;;. The lowest BCUT2D eigenvalue weighted by Gasteiger charge is -2.16. The number of ether oxygens (including phenoxy) is 3. The van der Waals surface area contributed by atoms with Crippen molar-refractivity contribution in [2.75, 3.05) is 30.5 Å². The second-order valence-electron chi connectivity index (χ2n) is 13.7. The number of anilines is 2. The van der Waals surface area contributed by atoms with Crippen molar-refractivity contribution < 1.29 is 61.6 Å². The zero-order valence-electron chi connectivity index (χ0n) is 35.4. The molecule has 2 aromatic heterocycles. The molecule has 0 bridgehead atoms. The van der Waals surface area contributed by atoms with Crippen LogP contribution >= 0.6 is 34.8 Å². The Morgan fingerprint density at radius 3 is 2.21 bits per heavy atom. The van der Waals surface area contributed by atoms with Gasteiger partial charge in [-0.15, -0.1) is 0 Å². The van der Waals surface area contributed by atoms with Crippen molar-refractivity contribution in [3.8, 4) is 11.8 Å². The molecule has 7 rings (SSSR count). The number of hydrogen-bond acceptors (Lipinski definition) is 15. The summed E-state index contributed by atoms with van der Waals surface area (Å²) in [6.45, 7) is 3.00. The van der Waals surface area contributed by atoms with Crippen LogP contribution in [0.25, 0.3) is 17.0 Å². The zero-order chi connectivity index (χ0) is 49.0. The maximum Gasteiger partial charge on any atom is 0.349 e. The molecule has 0 saturated heterocycles. The third-order valence-corrected chi connectivity index (χ3v) is 11.5. The van der Waals surface area contributed by atoms with E-state index in [4.69, 9.17) is 59.2 Å². The fourth-order valence-corrected chi connectivity index (χ4v) is 7.97. The van der Waals surface area contributed by atoms with Crippen molar-refractivity contribution >= 4 is 109 Å². The lowest BCUT2D eigenvalue weighted by atomic mass is 9.93. The highest BCUT2D eigenvalue weighted by Crippen LogP contribution is 2.37. The van der Waals surface area contributed by atoms with Gasteiger partial charge in [0.1, 0.15) is 27.0 Å². The highest BCUT2D eigenvalue weighted by Gasteiger charge is 2.39. The number of amides is 4. The van der Waals surface area contributed by atoms with Gasteiger partial charge in [0.25, 0.3) is 21.8 Å². The molecule has 1 aliphatic carbocycles. The first-order chi connectivity index (χ1) is 31.8. The van der Waals surface area contributed by atoms with Crippen LogP contribution in [0.15, 0.2) is 94.0 Å². The summed E-state index contributed by atoms with van der Waals surface area (Å²) in [5.74, 6) is -3.27.